The standard InChI is InChI=1S/C13H26N4O/c1-10(2)16-13(14-3)15-7-12-8-17-6-4-5-11(17)9-18-12/h10-12H,4-9H2,1-3H3,(H2,14,15,16). The lowest BCUT2D eigenvalue weighted by atomic mass is 10.2. The lowest BCUT2D eigenvalue weighted by Gasteiger charge is -2.35. The number of guanidine groups is 1. The number of fused-ring (bicyclic) bond motifs is 1. The first-order valence-electron chi connectivity index (χ1n) is 7.02. The molecule has 0 bridgehead atoms. The number of rotatable bonds is 3. The molecule has 0 spiro atoms. The van der Waals surface area contributed by atoms with Gasteiger partial charge in [-0.2, -0.15) is 0 Å². The molecule has 0 radical (unpaired) electrons. The second-order valence-electron chi connectivity index (χ2n) is 5.50. The van der Waals surface area contributed by atoms with Gasteiger partial charge in [-0.1, -0.05) is 0 Å². The molecule has 2 aliphatic rings. The summed E-state index contributed by atoms with van der Waals surface area (Å²) in [6, 6.07) is 1.07. The van der Waals surface area contributed by atoms with Crippen LogP contribution in [0.3, 0.4) is 0 Å². The number of nitrogens with one attached hydrogen (secondary N) is 2. The van der Waals surface area contributed by atoms with Crippen molar-refractivity contribution in [2.24, 2.45) is 4.99 Å². The first kappa shape index (κ1) is 13.6. The van der Waals surface area contributed by atoms with Crippen molar-refractivity contribution in [3.63, 3.8) is 0 Å². The van der Waals surface area contributed by atoms with Crippen molar-refractivity contribution in [2.75, 3.05) is 33.3 Å². The Balaban J connectivity index is 1.73. The van der Waals surface area contributed by atoms with Crippen LogP contribution >= 0.6 is 0 Å². The van der Waals surface area contributed by atoms with E-state index in [0.717, 1.165) is 25.7 Å². The maximum atomic E-state index is 5.90. The molecule has 2 unspecified atom stereocenters. The summed E-state index contributed by atoms with van der Waals surface area (Å²) in [6.45, 7) is 8.23. The van der Waals surface area contributed by atoms with Gasteiger partial charge in [0, 0.05) is 32.2 Å². The van der Waals surface area contributed by atoms with E-state index in [0.29, 0.717) is 12.1 Å². The van der Waals surface area contributed by atoms with Gasteiger partial charge in [-0.3, -0.25) is 9.89 Å². The Bertz CT molecular complexity index is 293. The fourth-order valence-corrected chi connectivity index (χ4v) is 2.69. The van der Waals surface area contributed by atoms with Gasteiger partial charge in [-0.05, 0) is 33.2 Å². The van der Waals surface area contributed by atoms with Crippen LogP contribution in [0.5, 0.6) is 0 Å². The van der Waals surface area contributed by atoms with Crippen LogP contribution in [0.2, 0.25) is 0 Å². The molecule has 2 aliphatic heterocycles. The van der Waals surface area contributed by atoms with Crippen LogP contribution in [0.25, 0.3) is 0 Å². The van der Waals surface area contributed by atoms with E-state index >= 15 is 0 Å². The number of hydrogen-bond donors (Lipinski definition) is 2. The molecule has 2 N–H and O–H groups in total. The van der Waals surface area contributed by atoms with Crippen LogP contribution in [0.15, 0.2) is 4.99 Å². The molecule has 0 aromatic heterocycles. The summed E-state index contributed by atoms with van der Waals surface area (Å²) < 4.78 is 5.90. The molecule has 0 amide bonds. The van der Waals surface area contributed by atoms with Crippen LogP contribution in [-0.2, 0) is 4.74 Å². The van der Waals surface area contributed by atoms with Crippen LogP contribution in [0.4, 0.5) is 0 Å². The van der Waals surface area contributed by atoms with Gasteiger partial charge in [0.05, 0.1) is 12.7 Å². The highest BCUT2D eigenvalue weighted by molar-refractivity contribution is 5.79. The Morgan fingerprint density at radius 1 is 1.50 bits per heavy atom. The molecule has 2 heterocycles. The molecule has 104 valence electrons. The van der Waals surface area contributed by atoms with E-state index in [1.807, 2.05) is 0 Å². The first-order chi connectivity index (χ1) is 8.69. The summed E-state index contributed by atoms with van der Waals surface area (Å²) >= 11 is 0. The normalized spacial score (nSPS) is 29.4. The second-order valence-corrected chi connectivity index (χ2v) is 5.50. The number of morpholine rings is 1. The van der Waals surface area contributed by atoms with E-state index in [-0.39, 0.29) is 6.10 Å². The average Bonchev–Trinajstić information content (AvgIpc) is 2.81. The van der Waals surface area contributed by atoms with Gasteiger partial charge in [-0.25, -0.2) is 0 Å². The third kappa shape index (κ3) is 3.59. The molecule has 5 heteroatoms. The zero-order valence-electron chi connectivity index (χ0n) is 11.8. The third-order valence-corrected chi connectivity index (χ3v) is 3.61. The first-order valence-corrected chi connectivity index (χ1v) is 7.02. The van der Waals surface area contributed by atoms with Gasteiger partial charge < -0.3 is 15.4 Å². The van der Waals surface area contributed by atoms with Gasteiger partial charge in [0.25, 0.3) is 0 Å². The Hall–Kier alpha value is -0.810. The van der Waals surface area contributed by atoms with E-state index in [9.17, 15) is 0 Å². The third-order valence-electron chi connectivity index (χ3n) is 3.61. The summed E-state index contributed by atoms with van der Waals surface area (Å²) in [7, 11) is 1.80. The van der Waals surface area contributed by atoms with E-state index in [1.54, 1.807) is 7.05 Å². The average molecular weight is 254 g/mol. The van der Waals surface area contributed by atoms with Crippen molar-refractivity contribution in [2.45, 2.75) is 44.9 Å². The summed E-state index contributed by atoms with van der Waals surface area (Å²) in [5.74, 6) is 0.858. The summed E-state index contributed by atoms with van der Waals surface area (Å²) in [6.07, 6.45) is 2.91. The number of nitrogens with zero attached hydrogens (tertiary/aromatic N) is 2. The number of hydrogen-bond acceptors (Lipinski definition) is 3. The fourth-order valence-electron chi connectivity index (χ4n) is 2.69. The molecule has 0 aliphatic carbocycles. The minimum absolute atomic E-state index is 0.282. The molecule has 2 rings (SSSR count). The lowest BCUT2D eigenvalue weighted by Crippen LogP contribution is -2.52. The maximum absolute atomic E-state index is 5.90. The summed E-state index contributed by atoms with van der Waals surface area (Å²) in [5.41, 5.74) is 0. The van der Waals surface area contributed by atoms with E-state index in [4.69, 9.17) is 4.74 Å². The predicted octanol–water partition coefficient (Wildman–Crippen LogP) is 0.423. The second kappa shape index (κ2) is 6.38. The van der Waals surface area contributed by atoms with Crippen molar-refractivity contribution in [3.05, 3.63) is 0 Å². The highest BCUT2D eigenvalue weighted by Crippen LogP contribution is 2.22. The maximum Gasteiger partial charge on any atom is 0.191 e. The van der Waals surface area contributed by atoms with Gasteiger partial charge in [0.2, 0.25) is 0 Å². The Morgan fingerprint density at radius 3 is 3.06 bits per heavy atom. The number of aliphatic imine (C=N–C) groups is 1. The smallest absolute Gasteiger partial charge is 0.191 e. The molecule has 0 aromatic rings. The van der Waals surface area contributed by atoms with Crippen LogP contribution < -0.4 is 10.6 Å². The molecular formula is C13H26N4O. The zero-order valence-corrected chi connectivity index (χ0v) is 11.8. The molecule has 2 fully saturated rings. The van der Waals surface area contributed by atoms with Crippen LogP contribution in [-0.4, -0.2) is 62.3 Å². The molecule has 2 saturated heterocycles. The van der Waals surface area contributed by atoms with Crippen molar-refractivity contribution >= 4 is 5.96 Å². The van der Waals surface area contributed by atoms with Gasteiger partial charge >= 0.3 is 0 Å². The minimum Gasteiger partial charge on any atom is -0.373 e. The molecule has 5 nitrogen and oxygen atoms in total. The minimum atomic E-state index is 0.282. The lowest BCUT2D eigenvalue weighted by molar-refractivity contribution is -0.0453. The summed E-state index contributed by atoms with van der Waals surface area (Å²) in [4.78, 5) is 6.77. The highest BCUT2D eigenvalue weighted by Gasteiger charge is 2.32. The molecular weight excluding hydrogens is 228 g/mol. The van der Waals surface area contributed by atoms with Gasteiger partial charge in [-0.15, -0.1) is 0 Å². The Labute approximate surface area is 110 Å². The van der Waals surface area contributed by atoms with Crippen LogP contribution in [0.1, 0.15) is 26.7 Å². The Kier molecular flexibility index (Phi) is 4.83. The topological polar surface area (TPSA) is 48.9 Å². The van der Waals surface area contributed by atoms with Crippen molar-refractivity contribution in [1.29, 1.82) is 0 Å². The monoisotopic (exact) mass is 254 g/mol. The molecule has 0 saturated carbocycles. The van der Waals surface area contributed by atoms with E-state index in [2.05, 4.69) is 34.4 Å². The van der Waals surface area contributed by atoms with Gasteiger partial charge in [0.1, 0.15) is 0 Å². The zero-order chi connectivity index (χ0) is 13.0. The highest BCUT2D eigenvalue weighted by atomic mass is 16.5. The van der Waals surface area contributed by atoms with Crippen molar-refractivity contribution < 1.29 is 4.74 Å². The largest absolute Gasteiger partial charge is 0.373 e. The molecule has 2 atom stereocenters. The van der Waals surface area contributed by atoms with Gasteiger partial charge in [0.15, 0.2) is 5.96 Å². The van der Waals surface area contributed by atoms with Crippen molar-refractivity contribution in [3.8, 4) is 0 Å². The molecule has 0 aromatic carbocycles. The van der Waals surface area contributed by atoms with Crippen LogP contribution in [0, 0.1) is 0 Å². The van der Waals surface area contributed by atoms with E-state index < -0.39 is 0 Å². The van der Waals surface area contributed by atoms with E-state index in [1.165, 1.54) is 19.4 Å². The van der Waals surface area contributed by atoms with Crippen molar-refractivity contribution in [1.82, 2.24) is 15.5 Å². The summed E-state index contributed by atoms with van der Waals surface area (Å²) in [5, 5.41) is 6.62. The quantitative estimate of drug-likeness (QED) is 0.566. The SMILES string of the molecule is CN=C(NCC1CN2CCCC2CO1)NC(C)C. The Morgan fingerprint density at radius 2 is 2.33 bits per heavy atom. The number of ether oxygens (including phenoxy) is 1. The predicted molar refractivity (Wildman–Crippen MR) is 74.0 cm³/mol. The fraction of sp³-hybridized carbons (Fsp3) is 0.923. The molecule has 18 heavy (non-hydrogen) atoms.